The van der Waals surface area contributed by atoms with Crippen molar-refractivity contribution in [2.24, 2.45) is 0 Å². The molecular weight excluding hydrogens is 224 g/mol. The van der Waals surface area contributed by atoms with Gasteiger partial charge in [-0.2, -0.15) is 0 Å². The van der Waals surface area contributed by atoms with Gasteiger partial charge in [-0.15, -0.1) is 0 Å². The Bertz CT molecular complexity index is 420. The van der Waals surface area contributed by atoms with Gasteiger partial charge in [0.05, 0.1) is 11.0 Å². The maximum atomic E-state index is 11.1. The number of hydrogen-bond acceptors (Lipinski definition) is 4. The molecule has 0 heterocycles. The van der Waals surface area contributed by atoms with Crippen molar-refractivity contribution in [3.63, 3.8) is 0 Å². The minimum Gasteiger partial charge on any atom is -0.387 e. The minimum atomic E-state index is -0.592. The highest BCUT2D eigenvalue weighted by Crippen LogP contribution is 2.21. The van der Waals surface area contributed by atoms with E-state index in [0.29, 0.717) is 12.0 Å². The second kappa shape index (κ2) is 5.95. The van der Waals surface area contributed by atoms with Crippen LogP contribution in [0, 0.1) is 10.1 Å². The van der Waals surface area contributed by atoms with Gasteiger partial charge in [-0.3, -0.25) is 14.9 Å². The lowest BCUT2D eigenvalue weighted by Crippen LogP contribution is -2.30. The van der Waals surface area contributed by atoms with Crippen molar-refractivity contribution >= 4 is 11.6 Å². The van der Waals surface area contributed by atoms with E-state index in [-0.39, 0.29) is 11.7 Å². The van der Waals surface area contributed by atoms with Gasteiger partial charge in [0.15, 0.2) is 0 Å². The van der Waals surface area contributed by atoms with Gasteiger partial charge >= 0.3 is 0 Å². The van der Waals surface area contributed by atoms with Crippen molar-refractivity contribution in [2.45, 2.75) is 19.4 Å². The number of hydrogen-bond donors (Lipinski definition) is 2. The van der Waals surface area contributed by atoms with Crippen LogP contribution in [-0.4, -0.2) is 22.5 Å². The molecule has 0 radical (unpaired) electrons. The van der Waals surface area contributed by atoms with Gasteiger partial charge in [-0.25, -0.2) is 0 Å². The topological polar surface area (TPSA) is 92.5 Å². The van der Waals surface area contributed by atoms with Crippen LogP contribution in [0.1, 0.15) is 24.9 Å². The summed E-state index contributed by atoms with van der Waals surface area (Å²) in [4.78, 5) is 21.2. The van der Waals surface area contributed by atoms with Crippen LogP contribution >= 0.6 is 0 Å². The fraction of sp³-hybridized carbons (Fsp3) is 0.364. The Hall–Kier alpha value is -1.95. The molecule has 1 amide bonds. The highest BCUT2D eigenvalue weighted by atomic mass is 16.6. The molecule has 17 heavy (non-hydrogen) atoms. The monoisotopic (exact) mass is 238 g/mol. The average molecular weight is 238 g/mol. The van der Waals surface area contributed by atoms with E-state index >= 15 is 0 Å². The number of nitrogens with zero attached hydrogens (tertiary/aromatic N) is 1. The molecule has 0 saturated carbocycles. The summed E-state index contributed by atoms with van der Waals surface area (Å²) in [5.74, 6) is -0.497. The summed E-state index contributed by atoms with van der Waals surface area (Å²) in [7, 11) is 0. The number of non-ortho nitro benzene ring substituents is 1. The second-order valence-corrected chi connectivity index (χ2v) is 3.54. The van der Waals surface area contributed by atoms with Gasteiger partial charge in [0.1, 0.15) is 6.61 Å². The maximum absolute atomic E-state index is 11.1. The Morgan fingerprint density at radius 2 is 2.29 bits per heavy atom. The van der Waals surface area contributed by atoms with Crippen LogP contribution in [0.2, 0.25) is 0 Å². The first-order valence-corrected chi connectivity index (χ1v) is 5.23. The SMILES string of the molecule is CCC(NC(=O)CO)c1cccc([N+](=O)[O-])c1. The Morgan fingerprint density at radius 3 is 2.82 bits per heavy atom. The fourth-order valence-electron chi connectivity index (χ4n) is 1.52. The summed E-state index contributed by atoms with van der Waals surface area (Å²) in [5.41, 5.74) is 0.641. The van der Waals surface area contributed by atoms with E-state index in [1.165, 1.54) is 12.1 Å². The summed E-state index contributed by atoms with van der Waals surface area (Å²) >= 11 is 0. The third-order valence-corrected chi connectivity index (χ3v) is 2.37. The van der Waals surface area contributed by atoms with Crippen LogP contribution in [0.25, 0.3) is 0 Å². The van der Waals surface area contributed by atoms with Gasteiger partial charge in [-0.1, -0.05) is 19.1 Å². The molecule has 1 aromatic rings. The number of aliphatic hydroxyl groups is 1. The molecule has 6 heteroatoms. The summed E-state index contributed by atoms with van der Waals surface area (Å²) < 4.78 is 0. The summed E-state index contributed by atoms with van der Waals surface area (Å²) in [6, 6.07) is 5.77. The van der Waals surface area contributed by atoms with E-state index < -0.39 is 17.4 Å². The number of amides is 1. The molecule has 1 rings (SSSR count). The van der Waals surface area contributed by atoms with Crippen LogP contribution in [-0.2, 0) is 4.79 Å². The molecular formula is C11H14N2O4. The lowest BCUT2D eigenvalue weighted by Gasteiger charge is -2.16. The molecule has 6 nitrogen and oxygen atoms in total. The molecule has 0 bridgehead atoms. The highest BCUT2D eigenvalue weighted by Gasteiger charge is 2.14. The lowest BCUT2D eigenvalue weighted by atomic mass is 10.0. The smallest absolute Gasteiger partial charge is 0.269 e. The number of nitro groups is 1. The molecule has 0 aliphatic rings. The van der Waals surface area contributed by atoms with Gasteiger partial charge in [-0.05, 0) is 12.0 Å². The predicted octanol–water partition coefficient (Wildman–Crippen LogP) is 1.15. The number of nitrogens with one attached hydrogen (secondary N) is 1. The van der Waals surface area contributed by atoms with Gasteiger partial charge in [0.2, 0.25) is 5.91 Å². The molecule has 2 N–H and O–H groups in total. The van der Waals surface area contributed by atoms with E-state index in [2.05, 4.69) is 5.32 Å². The molecule has 1 aromatic carbocycles. The maximum Gasteiger partial charge on any atom is 0.269 e. The van der Waals surface area contributed by atoms with Crippen LogP contribution in [0.5, 0.6) is 0 Å². The van der Waals surface area contributed by atoms with Crippen molar-refractivity contribution in [1.82, 2.24) is 5.32 Å². The summed E-state index contributed by atoms with van der Waals surface area (Å²) in [6.07, 6.45) is 0.590. The summed E-state index contributed by atoms with van der Waals surface area (Å²) in [5, 5.41) is 21.9. The number of benzene rings is 1. The van der Waals surface area contributed by atoms with Crippen LogP contribution in [0.15, 0.2) is 24.3 Å². The minimum absolute atomic E-state index is 0.0146. The first-order valence-electron chi connectivity index (χ1n) is 5.23. The van der Waals surface area contributed by atoms with Crippen molar-refractivity contribution in [1.29, 1.82) is 0 Å². The van der Waals surface area contributed by atoms with E-state index in [1.807, 2.05) is 6.92 Å². The normalized spacial score (nSPS) is 11.9. The Labute approximate surface area is 98.4 Å². The molecule has 0 spiro atoms. The third-order valence-electron chi connectivity index (χ3n) is 2.37. The Balaban J connectivity index is 2.91. The number of carbonyl (C=O) groups excluding carboxylic acids is 1. The standard InChI is InChI=1S/C11H14N2O4/c1-2-10(12-11(15)7-14)8-4-3-5-9(6-8)13(16)17/h3-6,10,14H,2,7H2,1H3,(H,12,15). The molecule has 0 fully saturated rings. The lowest BCUT2D eigenvalue weighted by molar-refractivity contribution is -0.384. The van der Waals surface area contributed by atoms with Crippen LogP contribution in [0.3, 0.4) is 0 Å². The fourth-order valence-corrected chi connectivity index (χ4v) is 1.52. The summed E-state index contributed by atoms with van der Waals surface area (Å²) in [6.45, 7) is 1.26. The molecule has 0 aliphatic heterocycles. The van der Waals surface area contributed by atoms with E-state index in [9.17, 15) is 14.9 Å². The quantitative estimate of drug-likeness (QED) is 0.594. The van der Waals surface area contributed by atoms with Crippen LogP contribution in [0.4, 0.5) is 5.69 Å². The zero-order chi connectivity index (χ0) is 12.8. The molecule has 0 saturated heterocycles. The largest absolute Gasteiger partial charge is 0.387 e. The van der Waals surface area contributed by atoms with Gasteiger partial charge in [0.25, 0.3) is 5.69 Å². The zero-order valence-electron chi connectivity index (χ0n) is 9.42. The number of rotatable bonds is 5. The molecule has 0 aliphatic carbocycles. The first-order chi connectivity index (χ1) is 8.08. The van der Waals surface area contributed by atoms with Crippen molar-refractivity contribution < 1.29 is 14.8 Å². The number of carbonyl (C=O) groups is 1. The second-order valence-electron chi connectivity index (χ2n) is 3.54. The van der Waals surface area contributed by atoms with E-state index in [1.54, 1.807) is 12.1 Å². The van der Waals surface area contributed by atoms with Crippen molar-refractivity contribution in [3.8, 4) is 0 Å². The molecule has 0 aromatic heterocycles. The first kappa shape index (κ1) is 13.1. The Morgan fingerprint density at radius 1 is 1.59 bits per heavy atom. The molecule has 92 valence electrons. The number of aliphatic hydroxyl groups excluding tert-OH is 1. The predicted molar refractivity (Wildman–Crippen MR) is 61.4 cm³/mol. The molecule has 1 atom stereocenters. The Kier molecular flexibility index (Phi) is 4.59. The van der Waals surface area contributed by atoms with Gasteiger partial charge in [0, 0.05) is 12.1 Å². The van der Waals surface area contributed by atoms with Gasteiger partial charge < -0.3 is 10.4 Å². The molecule has 1 unspecified atom stereocenters. The highest BCUT2D eigenvalue weighted by molar-refractivity contribution is 5.77. The average Bonchev–Trinajstić information content (AvgIpc) is 2.35. The zero-order valence-corrected chi connectivity index (χ0v) is 9.42. The van der Waals surface area contributed by atoms with Crippen LogP contribution < -0.4 is 5.32 Å². The van der Waals surface area contributed by atoms with E-state index in [4.69, 9.17) is 5.11 Å². The van der Waals surface area contributed by atoms with E-state index in [0.717, 1.165) is 0 Å². The number of nitro benzene ring substituents is 1. The van der Waals surface area contributed by atoms with Crippen molar-refractivity contribution in [3.05, 3.63) is 39.9 Å². The third kappa shape index (κ3) is 3.53. The van der Waals surface area contributed by atoms with Crippen molar-refractivity contribution in [2.75, 3.05) is 6.61 Å².